The van der Waals surface area contributed by atoms with E-state index in [4.69, 9.17) is 0 Å². The number of aliphatic imine (C=N–C) groups is 1. The Morgan fingerprint density at radius 2 is 1.88 bits per heavy atom. The second-order valence-corrected chi connectivity index (χ2v) is 5.71. The van der Waals surface area contributed by atoms with Crippen LogP contribution in [0.5, 0.6) is 0 Å². The molecule has 1 heterocycles. The van der Waals surface area contributed by atoms with Gasteiger partial charge < -0.3 is 10.6 Å². The summed E-state index contributed by atoms with van der Waals surface area (Å²) in [5.74, 6) is 0.458. The number of alkyl halides is 3. The van der Waals surface area contributed by atoms with Gasteiger partial charge in [-0.15, -0.1) is 0 Å². The average molecular weight is 353 g/mol. The van der Waals surface area contributed by atoms with E-state index in [1.165, 1.54) is 13.2 Å². The van der Waals surface area contributed by atoms with E-state index >= 15 is 0 Å². The fourth-order valence-electron chi connectivity index (χ4n) is 2.29. The van der Waals surface area contributed by atoms with Crippen LogP contribution < -0.4 is 10.6 Å². The summed E-state index contributed by atoms with van der Waals surface area (Å²) in [4.78, 5) is 4.41. The van der Waals surface area contributed by atoms with Crippen LogP contribution in [-0.4, -0.2) is 22.3 Å². The molecule has 0 saturated heterocycles. The lowest BCUT2D eigenvalue weighted by Crippen LogP contribution is -2.37. The second-order valence-electron chi connectivity index (χ2n) is 5.71. The number of guanidine groups is 1. The SMILES string of the molecule is CCNC(=NCc1ccc(C)cc1)NCc1cn(C)nc1C(F)(F)F. The molecule has 0 aliphatic carbocycles. The Kier molecular flexibility index (Phi) is 6.06. The Labute approximate surface area is 145 Å². The number of halogens is 3. The van der Waals surface area contributed by atoms with E-state index in [0.717, 1.165) is 15.8 Å². The van der Waals surface area contributed by atoms with E-state index in [2.05, 4.69) is 20.7 Å². The molecular formula is C17H22F3N5. The van der Waals surface area contributed by atoms with Crippen molar-refractivity contribution in [2.45, 2.75) is 33.1 Å². The molecule has 0 fully saturated rings. The lowest BCUT2D eigenvalue weighted by molar-refractivity contribution is -0.142. The fourth-order valence-corrected chi connectivity index (χ4v) is 2.29. The maximum atomic E-state index is 13.0. The van der Waals surface area contributed by atoms with Crippen molar-refractivity contribution in [1.82, 2.24) is 20.4 Å². The van der Waals surface area contributed by atoms with E-state index in [1.54, 1.807) is 0 Å². The molecular weight excluding hydrogens is 331 g/mol. The van der Waals surface area contributed by atoms with Crippen LogP contribution in [0.15, 0.2) is 35.5 Å². The number of rotatable bonds is 5. The van der Waals surface area contributed by atoms with Gasteiger partial charge in [-0.25, -0.2) is 4.99 Å². The van der Waals surface area contributed by atoms with Crippen LogP contribution in [0.25, 0.3) is 0 Å². The number of hydrogen-bond acceptors (Lipinski definition) is 2. The number of nitrogens with one attached hydrogen (secondary N) is 2. The molecule has 0 aliphatic heterocycles. The van der Waals surface area contributed by atoms with Gasteiger partial charge in [0, 0.05) is 31.9 Å². The van der Waals surface area contributed by atoms with Crippen LogP contribution in [0.1, 0.15) is 29.3 Å². The van der Waals surface area contributed by atoms with Gasteiger partial charge in [0.1, 0.15) is 0 Å². The maximum Gasteiger partial charge on any atom is 0.435 e. The molecule has 0 amide bonds. The highest BCUT2D eigenvalue weighted by atomic mass is 19.4. The topological polar surface area (TPSA) is 54.2 Å². The lowest BCUT2D eigenvalue weighted by atomic mass is 10.1. The summed E-state index contributed by atoms with van der Waals surface area (Å²) in [6.45, 7) is 4.94. The van der Waals surface area contributed by atoms with Crippen molar-refractivity contribution in [2.24, 2.45) is 12.0 Å². The molecule has 136 valence electrons. The predicted molar refractivity (Wildman–Crippen MR) is 91.0 cm³/mol. The molecule has 1 aromatic carbocycles. The van der Waals surface area contributed by atoms with Gasteiger partial charge in [-0.2, -0.15) is 18.3 Å². The van der Waals surface area contributed by atoms with Gasteiger partial charge in [-0.3, -0.25) is 4.68 Å². The molecule has 0 bridgehead atoms. The summed E-state index contributed by atoms with van der Waals surface area (Å²) in [6, 6.07) is 7.95. The molecule has 2 rings (SSSR count). The smallest absolute Gasteiger partial charge is 0.357 e. The van der Waals surface area contributed by atoms with Gasteiger partial charge in [-0.1, -0.05) is 29.8 Å². The molecule has 2 aromatic rings. The molecule has 0 saturated carbocycles. The summed E-state index contributed by atoms with van der Waals surface area (Å²) < 4.78 is 40.1. The largest absolute Gasteiger partial charge is 0.435 e. The van der Waals surface area contributed by atoms with Gasteiger partial charge in [0.05, 0.1) is 6.54 Å². The Hall–Kier alpha value is -2.51. The summed E-state index contributed by atoms with van der Waals surface area (Å²) in [7, 11) is 1.47. The van der Waals surface area contributed by atoms with Crippen LogP contribution in [0.4, 0.5) is 13.2 Å². The molecule has 5 nitrogen and oxygen atoms in total. The number of nitrogens with zero attached hydrogens (tertiary/aromatic N) is 3. The van der Waals surface area contributed by atoms with Crippen molar-refractivity contribution in [3.05, 3.63) is 52.8 Å². The van der Waals surface area contributed by atoms with E-state index in [9.17, 15) is 13.2 Å². The van der Waals surface area contributed by atoms with E-state index in [0.29, 0.717) is 19.0 Å². The van der Waals surface area contributed by atoms with E-state index < -0.39 is 11.9 Å². The third-order valence-corrected chi connectivity index (χ3v) is 3.50. The number of aromatic nitrogens is 2. The van der Waals surface area contributed by atoms with Crippen LogP contribution in [0.2, 0.25) is 0 Å². The van der Waals surface area contributed by atoms with Crippen LogP contribution in [0, 0.1) is 6.92 Å². The number of benzene rings is 1. The summed E-state index contributed by atoms with van der Waals surface area (Å²) in [5, 5.41) is 9.46. The maximum absolute atomic E-state index is 13.0. The van der Waals surface area contributed by atoms with Crippen molar-refractivity contribution in [3.8, 4) is 0 Å². The lowest BCUT2D eigenvalue weighted by Gasteiger charge is -2.12. The highest BCUT2D eigenvalue weighted by molar-refractivity contribution is 5.79. The minimum absolute atomic E-state index is 0.0115. The zero-order chi connectivity index (χ0) is 18.4. The van der Waals surface area contributed by atoms with Gasteiger partial charge in [0.25, 0.3) is 0 Å². The zero-order valence-electron chi connectivity index (χ0n) is 14.5. The van der Waals surface area contributed by atoms with Crippen LogP contribution in [0.3, 0.4) is 0 Å². The van der Waals surface area contributed by atoms with Gasteiger partial charge in [0.15, 0.2) is 11.7 Å². The fraction of sp³-hybridized carbons (Fsp3) is 0.412. The van der Waals surface area contributed by atoms with Crippen LogP contribution in [-0.2, 0) is 26.3 Å². The molecule has 0 spiro atoms. The molecule has 1 aromatic heterocycles. The first kappa shape index (κ1) is 18.8. The first-order chi connectivity index (χ1) is 11.8. The molecule has 0 unspecified atom stereocenters. The number of hydrogen-bond donors (Lipinski definition) is 2. The van der Waals surface area contributed by atoms with Crippen molar-refractivity contribution in [2.75, 3.05) is 6.54 Å². The third kappa shape index (κ3) is 5.51. The van der Waals surface area contributed by atoms with Gasteiger partial charge in [-0.05, 0) is 19.4 Å². The normalized spacial score (nSPS) is 12.3. The van der Waals surface area contributed by atoms with Crippen molar-refractivity contribution >= 4 is 5.96 Å². The number of aryl methyl sites for hydroxylation is 2. The van der Waals surface area contributed by atoms with Crippen molar-refractivity contribution in [3.63, 3.8) is 0 Å². The summed E-state index contributed by atoms with van der Waals surface area (Å²) in [5.41, 5.74) is 1.39. The Morgan fingerprint density at radius 1 is 1.20 bits per heavy atom. The van der Waals surface area contributed by atoms with Crippen LogP contribution >= 0.6 is 0 Å². The molecule has 25 heavy (non-hydrogen) atoms. The Bertz CT molecular complexity index is 717. The Balaban J connectivity index is 2.07. The highest BCUT2D eigenvalue weighted by Crippen LogP contribution is 2.30. The quantitative estimate of drug-likeness (QED) is 0.642. The first-order valence-electron chi connectivity index (χ1n) is 7.97. The minimum Gasteiger partial charge on any atom is -0.357 e. The molecule has 0 aliphatic rings. The Morgan fingerprint density at radius 3 is 2.48 bits per heavy atom. The summed E-state index contributed by atoms with van der Waals surface area (Å²) >= 11 is 0. The molecule has 0 radical (unpaired) electrons. The standard InChI is InChI=1S/C17H22F3N5/c1-4-21-16(22-9-13-7-5-12(2)6-8-13)23-10-14-11-25(3)24-15(14)17(18,19)20/h5-8,11H,4,9-10H2,1-3H3,(H2,21,22,23). The van der Waals surface area contributed by atoms with Gasteiger partial charge in [0.2, 0.25) is 0 Å². The molecule has 8 heteroatoms. The van der Waals surface area contributed by atoms with Gasteiger partial charge >= 0.3 is 6.18 Å². The minimum atomic E-state index is -4.48. The molecule has 0 atom stereocenters. The second kappa shape index (κ2) is 8.04. The summed E-state index contributed by atoms with van der Waals surface area (Å²) in [6.07, 6.45) is -3.12. The monoisotopic (exact) mass is 353 g/mol. The highest BCUT2D eigenvalue weighted by Gasteiger charge is 2.36. The predicted octanol–water partition coefficient (Wildman–Crippen LogP) is 3.00. The zero-order valence-corrected chi connectivity index (χ0v) is 14.5. The van der Waals surface area contributed by atoms with E-state index in [1.807, 2.05) is 38.1 Å². The van der Waals surface area contributed by atoms with E-state index in [-0.39, 0.29) is 12.1 Å². The molecule has 2 N–H and O–H groups in total. The first-order valence-corrected chi connectivity index (χ1v) is 7.97. The van der Waals surface area contributed by atoms with Crippen molar-refractivity contribution in [1.29, 1.82) is 0 Å². The van der Waals surface area contributed by atoms with Crippen molar-refractivity contribution < 1.29 is 13.2 Å². The third-order valence-electron chi connectivity index (χ3n) is 3.50. The average Bonchev–Trinajstić information content (AvgIpc) is 2.93.